The number of hydrogen-bond acceptors (Lipinski definition) is 2. The zero-order chi connectivity index (χ0) is 11.8. The Kier molecular flexibility index (Phi) is 2.61. The van der Waals surface area contributed by atoms with E-state index in [-0.39, 0.29) is 5.78 Å². The molecule has 1 saturated carbocycles. The monoisotopic (exact) mass is 230 g/mol. The minimum atomic E-state index is 0.230. The molecule has 0 unspecified atom stereocenters. The topological polar surface area (TPSA) is 34.9 Å². The quantitative estimate of drug-likeness (QED) is 0.742. The van der Waals surface area contributed by atoms with E-state index in [2.05, 4.69) is 11.3 Å². The first-order chi connectivity index (χ1) is 8.24. The zero-order valence-corrected chi connectivity index (χ0v) is 10.3. The molecule has 1 aliphatic heterocycles. The van der Waals surface area contributed by atoms with Crippen LogP contribution in [0.2, 0.25) is 0 Å². The molecule has 0 N–H and O–H groups in total. The third kappa shape index (κ3) is 1.94. The number of allylic oxidation sites excluding steroid dienone is 1. The Morgan fingerprint density at radius 2 is 2.06 bits per heavy atom. The van der Waals surface area contributed by atoms with Crippen LogP contribution in [0, 0.1) is 12.8 Å². The average molecular weight is 230 g/mol. The molecule has 3 rings (SSSR count). The molecule has 0 amide bonds. The van der Waals surface area contributed by atoms with Crippen LogP contribution in [0.4, 0.5) is 0 Å². The molecular formula is C14H18N2O. The third-order valence-corrected chi connectivity index (χ3v) is 3.93. The van der Waals surface area contributed by atoms with E-state index in [1.165, 1.54) is 37.7 Å². The van der Waals surface area contributed by atoms with E-state index < -0.39 is 0 Å². The van der Waals surface area contributed by atoms with E-state index in [0.29, 0.717) is 12.3 Å². The number of aryl methyl sites for hydroxylation is 1. The maximum Gasteiger partial charge on any atom is 0.185 e. The number of Topliss-reactive ketones (excluding diaryl/α,β-unsaturated/α-hetero) is 1. The van der Waals surface area contributed by atoms with Crippen molar-refractivity contribution in [3.8, 4) is 0 Å². The predicted molar refractivity (Wildman–Crippen MR) is 66.8 cm³/mol. The molecule has 1 aliphatic carbocycles. The fourth-order valence-electron chi connectivity index (χ4n) is 3.03. The molecule has 0 atom stereocenters. The minimum absolute atomic E-state index is 0.230. The van der Waals surface area contributed by atoms with Gasteiger partial charge in [0, 0.05) is 12.6 Å². The lowest BCUT2D eigenvalue weighted by atomic mass is 9.81. The number of aromatic nitrogens is 2. The highest BCUT2D eigenvalue weighted by Crippen LogP contribution is 2.34. The van der Waals surface area contributed by atoms with Gasteiger partial charge in [0.2, 0.25) is 0 Å². The maximum absolute atomic E-state index is 12.1. The summed E-state index contributed by atoms with van der Waals surface area (Å²) in [6.07, 6.45) is 9.16. The highest BCUT2D eigenvalue weighted by atomic mass is 16.1. The van der Waals surface area contributed by atoms with Crippen molar-refractivity contribution < 1.29 is 4.79 Å². The Labute approximate surface area is 102 Å². The molecule has 1 aromatic rings. The Bertz CT molecular complexity index is 478. The number of nitrogens with zero attached hydrogens (tertiary/aromatic N) is 2. The first-order valence-electron chi connectivity index (χ1n) is 6.54. The first kappa shape index (κ1) is 10.8. The van der Waals surface area contributed by atoms with Gasteiger partial charge in [0.05, 0.1) is 5.69 Å². The van der Waals surface area contributed by atoms with Gasteiger partial charge in [0.25, 0.3) is 0 Å². The van der Waals surface area contributed by atoms with E-state index in [9.17, 15) is 4.79 Å². The lowest BCUT2D eigenvalue weighted by Gasteiger charge is -2.26. The molecule has 90 valence electrons. The summed E-state index contributed by atoms with van der Waals surface area (Å²) in [6.45, 7) is 1.94. The van der Waals surface area contributed by atoms with Crippen LogP contribution in [-0.4, -0.2) is 15.6 Å². The van der Waals surface area contributed by atoms with E-state index in [0.717, 1.165) is 11.4 Å². The maximum atomic E-state index is 12.1. The predicted octanol–water partition coefficient (Wildman–Crippen LogP) is 3.20. The lowest BCUT2D eigenvalue weighted by Crippen LogP contribution is -2.19. The van der Waals surface area contributed by atoms with Crippen LogP contribution in [0.3, 0.4) is 0 Å². The van der Waals surface area contributed by atoms with Gasteiger partial charge in [0.1, 0.15) is 5.69 Å². The number of ketones is 1. The highest BCUT2D eigenvalue weighted by Gasteiger charge is 2.26. The lowest BCUT2D eigenvalue weighted by molar-refractivity contribution is 0.0978. The normalized spacial score (nSPS) is 21.2. The molecule has 3 nitrogen and oxygen atoms in total. The van der Waals surface area contributed by atoms with Gasteiger partial charge >= 0.3 is 0 Å². The SMILES string of the molecule is Cc1cc2n(n1)C=C(C1CCCCC1)CC2=O. The Balaban J connectivity index is 1.92. The van der Waals surface area contributed by atoms with Crippen LogP contribution < -0.4 is 0 Å². The van der Waals surface area contributed by atoms with Gasteiger partial charge in [0.15, 0.2) is 5.78 Å². The zero-order valence-electron chi connectivity index (χ0n) is 10.3. The summed E-state index contributed by atoms with van der Waals surface area (Å²) in [5.41, 5.74) is 2.97. The van der Waals surface area contributed by atoms with Gasteiger partial charge in [-0.15, -0.1) is 0 Å². The van der Waals surface area contributed by atoms with Gasteiger partial charge in [-0.05, 0) is 37.3 Å². The smallest absolute Gasteiger partial charge is 0.185 e. The second kappa shape index (κ2) is 4.13. The van der Waals surface area contributed by atoms with Gasteiger partial charge in [-0.3, -0.25) is 4.79 Å². The molecule has 3 heteroatoms. The third-order valence-electron chi connectivity index (χ3n) is 3.93. The van der Waals surface area contributed by atoms with Crippen molar-refractivity contribution in [1.82, 2.24) is 9.78 Å². The Hall–Kier alpha value is -1.38. The largest absolute Gasteiger partial charge is 0.292 e. The van der Waals surface area contributed by atoms with Gasteiger partial charge in [-0.25, -0.2) is 4.68 Å². The summed E-state index contributed by atoms with van der Waals surface area (Å²) in [5.74, 6) is 0.846. The van der Waals surface area contributed by atoms with Crippen LogP contribution in [0.15, 0.2) is 11.6 Å². The summed E-state index contributed by atoms with van der Waals surface area (Å²) in [7, 11) is 0. The summed E-state index contributed by atoms with van der Waals surface area (Å²) in [4.78, 5) is 12.1. The summed E-state index contributed by atoms with van der Waals surface area (Å²) < 4.78 is 1.78. The van der Waals surface area contributed by atoms with Gasteiger partial charge in [-0.1, -0.05) is 19.3 Å². The standard InChI is InChI=1S/C14H18N2O/c1-10-7-13-14(17)8-12(9-16(13)15-10)11-5-3-2-4-6-11/h7,9,11H,2-6,8H2,1H3. The first-order valence-corrected chi connectivity index (χ1v) is 6.54. The average Bonchev–Trinajstić information content (AvgIpc) is 2.71. The number of carbonyl (C=O) groups is 1. The van der Waals surface area contributed by atoms with Crippen LogP contribution in [0.1, 0.15) is 54.7 Å². The van der Waals surface area contributed by atoms with Crippen molar-refractivity contribution in [1.29, 1.82) is 0 Å². The summed E-state index contributed by atoms with van der Waals surface area (Å²) in [6, 6.07) is 1.89. The van der Waals surface area contributed by atoms with E-state index in [4.69, 9.17) is 0 Å². The molecule has 0 saturated heterocycles. The van der Waals surface area contributed by atoms with E-state index in [1.54, 1.807) is 4.68 Å². The molecule has 1 aromatic heterocycles. The highest BCUT2D eigenvalue weighted by molar-refractivity contribution is 5.98. The van der Waals surface area contributed by atoms with Crippen LogP contribution in [-0.2, 0) is 0 Å². The van der Waals surface area contributed by atoms with Crippen molar-refractivity contribution in [2.45, 2.75) is 45.4 Å². The van der Waals surface area contributed by atoms with Crippen molar-refractivity contribution in [2.24, 2.45) is 5.92 Å². The molecule has 0 spiro atoms. The van der Waals surface area contributed by atoms with Gasteiger partial charge in [-0.2, -0.15) is 5.10 Å². The number of rotatable bonds is 1. The van der Waals surface area contributed by atoms with Crippen molar-refractivity contribution in [3.63, 3.8) is 0 Å². The summed E-state index contributed by atoms with van der Waals surface area (Å²) >= 11 is 0. The number of fused-ring (bicyclic) bond motifs is 1. The van der Waals surface area contributed by atoms with Gasteiger partial charge < -0.3 is 0 Å². The van der Waals surface area contributed by atoms with E-state index >= 15 is 0 Å². The molecule has 0 radical (unpaired) electrons. The van der Waals surface area contributed by atoms with Crippen molar-refractivity contribution in [3.05, 3.63) is 23.0 Å². The molecule has 2 heterocycles. The second-order valence-electron chi connectivity index (χ2n) is 5.25. The second-order valence-corrected chi connectivity index (χ2v) is 5.25. The van der Waals surface area contributed by atoms with E-state index in [1.807, 2.05) is 13.0 Å². The molecule has 17 heavy (non-hydrogen) atoms. The van der Waals surface area contributed by atoms with Crippen LogP contribution in [0.25, 0.3) is 6.20 Å². The molecule has 2 aliphatic rings. The number of carbonyl (C=O) groups excluding carboxylic acids is 1. The van der Waals surface area contributed by atoms with Crippen molar-refractivity contribution in [2.75, 3.05) is 0 Å². The molecule has 0 aromatic carbocycles. The van der Waals surface area contributed by atoms with Crippen LogP contribution in [0.5, 0.6) is 0 Å². The summed E-state index contributed by atoms with van der Waals surface area (Å²) in [5, 5.41) is 4.37. The fraction of sp³-hybridized carbons (Fsp3) is 0.571. The van der Waals surface area contributed by atoms with Crippen LogP contribution >= 0.6 is 0 Å². The fourth-order valence-corrected chi connectivity index (χ4v) is 3.03. The number of hydrogen-bond donors (Lipinski definition) is 0. The minimum Gasteiger partial charge on any atom is -0.292 e. The molecular weight excluding hydrogens is 212 g/mol. The van der Waals surface area contributed by atoms with Crippen molar-refractivity contribution >= 4 is 12.0 Å². The molecule has 1 fully saturated rings. The Morgan fingerprint density at radius 3 is 2.82 bits per heavy atom. The molecule has 0 bridgehead atoms. The Morgan fingerprint density at radius 1 is 1.29 bits per heavy atom.